The summed E-state index contributed by atoms with van der Waals surface area (Å²) in [6, 6.07) is 6.45. The molecule has 0 saturated carbocycles. The van der Waals surface area contributed by atoms with E-state index in [0.29, 0.717) is 11.0 Å². The number of hydrogen-bond acceptors (Lipinski definition) is 3. The summed E-state index contributed by atoms with van der Waals surface area (Å²) in [6.45, 7) is 0.282. The van der Waals surface area contributed by atoms with Crippen molar-refractivity contribution in [2.45, 2.75) is 6.42 Å². The van der Waals surface area contributed by atoms with Gasteiger partial charge in [-0.15, -0.1) is 0 Å². The summed E-state index contributed by atoms with van der Waals surface area (Å²) in [5.74, 6) is -0.702. The lowest BCUT2D eigenvalue weighted by Gasteiger charge is -2.07. The van der Waals surface area contributed by atoms with Gasteiger partial charge in [-0.05, 0) is 18.2 Å². The molecule has 0 atom stereocenters. The molecule has 0 spiro atoms. The molecule has 0 fully saturated rings. The van der Waals surface area contributed by atoms with E-state index in [4.69, 9.17) is 5.26 Å². The van der Waals surface area contributed by atoms with E-state index >= 15 is 0 Å². The summed E-state index contributed by atoms with van der Waals surface area (Å²) in [6.07, 6.45) is 0.262. The van der Waals surface area contributed by atoms with E-state index in [1.54, 1.807) is 12.1 Å². The second-order valence-corrected chi connectivity index (χ2v) is 4.15. The van der Waals surface area contributed by atoms with Crippen LogP contribution < -0.4 is 10.6 Å². The van der Waals surface area contributed by atoms with Crippen molar-refractivity contribution in [1.82, 2.24) is 5.32 Å². The molecule has 0 unspecified atom stereocenters. The Balaban J connectivity index is 2.40. The van der Waals surface area contributed by atoms with E-state index in [1.165, 1.54) is 6.07 Å². The van der Waals surface area contributed by atoms with Gasteiger partial charge in [0, 0.05) is 11.0 Å². The number of carbonyl (C=O) groups is 1. The molecule has 0 radical (unpaired) electrons. The minimum Gasteiger partial charge on any atom is -0.374 e. The maximum absolute atomic E-state index is 13.3. The molecule has 4 nitrogen and oxygen atoms in total. The molecular weight excluding hydrogens is 289 g/mol. The van der Waals surface area contributed by atoms with E-state index in [1.807, 2.05) is 6.07 Å². The number of nitriles is 1. The third kappa shape index (κ3) is 4.83. The highest BCUT2D eigenvalue weighted by Crippen LogP contribution is 2.18. The van der Waals surface area contributed by atoms with Crippen LogP contribution in [-0.2, 0) is 4.79 Å². The molecule has 17 heavy (non-hydrogen) atoms. The van der Waals surface area contributed by atoms with Gasteiger partial charge in [0.1, 0.15) is 5.82 Å². The fourth-order valence-electron chi connectivity index (χ4n) is 1.13. The summed E-state index contributed by atoms with van der Waals surface area (Å²) < 4.78 is 14.0. The average Bonchev–Trinajstić information content (AvgIpc) is 2.28. The highest BCUT2D eigenvalue weighted by atomic mass is 79.9. The zero-order valence-corrected chi connectivity index (χ0v) is 10.6. The quantitative estimate of drug-likeness (QED) is 0.818. The third-order valence-electron chi connectivity index (χ3n) is 1.93. The molecule has 2 N–H and O–H groups in total. The van der Waals surface area contributed by atoms with Crippen LogP contribution in [0.5, 0.6) is 0 Å². The van der Waals surface area contributed by atoms with Crippen LogP contribution in [0, 0.1) is 17.1 Å². The Labute approximate surface area is 107 Å². The largest absolute Gasteiger partial charge is 0.374 e. The smallest absolute Gasteiger partial charge is 0.239 e. The van der Waals surface area contributed by atoms with Gasteiger partial charge >= 0.3 is 0 Å². The van der Waals surface area contributed by atoms with Gasteiger partial charge in [-0.3, -0.25) is 4.79 Å². The van der Waals surface area contributed by atoms with Crippen LogP contribution >= 0.6 is 15.9 Å². The van der Waals surface area contributed by atoms with Gasteiger partial charge in [0.05, 0.1) is 24.7 Å². The number of anilines is 1. The highest BCUT2D eigenvalue weighted by molar-refractivity contribution is 9.10. The lowest BCUT2D eigenvalue weighted by molar-refractivity contribution is -0.119. The van der Waals surface area contributed by atoms with E-state index < -0.39 is 5.82 Å². The van der Waals surface area contributed by atoms with E-state index in [2.05, 4.69) is 26.6 Å². The van der Waals surface area contributed by atoms with Crippen molar-refractivity contribution in [1.29, 1.82) is 5.26 Å². The number of nitrogens with zero attached hydrogens (tertiary/aromatic N) is 1. The molecule has 6 heteroatoms. The Morgan fingerprint density at radius 1 is 1.53 bits per heavy atom. The number of hydrogen-bond donors (Lipinski definition) is 2. The number of amides is 1. The Kier molecular flexibility index (Phi) is 5.43. The predicted molar refractivity (Wildman–Crippen MR) is 65.8 cm³/mol. The van der Waals surface area contributed by atoms with Gasteiger partial charge in [-0.1, -0.05) is 15.9 Å². The molecule has 0 aliphatic rings. The van der Waals surface area contributed by atoms with Gasteiger partial charge in [0.25, 0.3) is 0 Å². The monoisotopic (exact) mass is 299 g/mol. The van der Waals surface area contributed by atoms with E-state index in [-0.39, 0.29) is 24.6 Å². The molecule has 1 rings (SSSR count). The first-order chi connectivity index (χ1) is 8.13. The van der Waals surface area contributed by atoms with Crippen LogP contribution in [0.15, 0.2) is 22.7 Å². The molecule has 0 aliphatic carbocycles. The van der Waals surface area contributed by atoms with Crippen LogP contribution in [0.2, 0.25) is 0 Å². The van der Waals surface area contributed by atoms with E-state index in [9.17, 15) is 9.18 Å². The molecule has 1 amide bonds. The van der Waals surface area contributed by atoms with Gasteiger partial charge in [0.15, 0.2) is 0 Å². The molecule has 0 bridgehead atoms. The first kappa shape index (κ1) is 13.5. The second kappa shape index (κ2) is 6.86. The topological polar surface area (TPSA) is 64.9 Å². The third-order valence-corrected chi connectivity index (χ3v) is 2.42. The maximum Gasteiger partial charge on any atom is 0.239 e. The number of benzene rings is 1. The molecule has 1 aromatic rings. The van der Waals surface area contributed by atoms with Crippen molar-refractivity contribution in [3.63, 3.8) is 0 Å². The van der Waals surface area contributed by atoms with Gasteiger partial charge < -0.3 is 10.6 Å². The number of rotatable bonds is 5. The summed E-state index contributed by atoms with van der Waals surface area (Å²) in [7, 11) is 0. The zero-order chi connectivity index (χ0) is 12.7. The minimum atomic E-state index is -0.427. The lowest BCUT2D eigenvalue weighted by Crippen LogP contribution is -2.30. The van der Waals surface area contributed by atoms with Gasteiger partial charge in [-0.2, -0.15) is 5.26 Å². The van der Waals surface area contributed by atoms with Crippen LogP contribution in [0.3, 0.4) is 0 Å². The predicted octanol–water partition coefficient (Wildman–Crippen LogP) is 2.03. The van der Waals surface area contributed by atoms with Gasteiger partial charge in [-0.25, -0.2) is 4.39 Å². The minimum absolute atomic E-state index is 0.0238. The van der Waals surface area contributed by atoms with Crippen molar-refractivity contribution < 1.29 is 9.18 Å². The SMILES string of the molecule is N#CCCNC(=O)CNc1ccc(Br)cc1F. The number of halogens is 2. The standard InChI is InChI=1S/C11H11BrFN3O/c12-8-2-3-10(9(13)6-8)16-7-11(17)15-5-1-4-14/h2-3,6,16H,1,5,7H2,(H,15,17). The molecular formula is C11H11BrFN3O. The number of carbonyl (C=O) groups excluding carboxylic acids is 1. The fourth-order valence-corrected chi connectivity index (χ4v) is 1.46. The summed E-state index contributed by atoms with van der Waals surface area (Å²) in [5.41, 5.74) is 0.267. The van der Waals surface area contributed by atoms with Gasteiger partial charge in [0.2, 0.25) is 5.91 Å². The van der Waals surface area contributed by atoms with Crippen molar-refractivity contribution in [3.8, 4) is 6.07 Å². The normalized spacial score (nSPS) is 9.47. The first-order valence-corrected chi connectivity index (χ1v) is 5.75. The molecule has 0 heterocycles. The van der Waals surface area contributed by atoms with Crippen molar-refractivity contribution in [3.05, 3.63) is 28.5 Å². The molecule has 0 aromatic heterocycles. The van der Waals surface area contributed by atoms with Crippen molar-refractivity contribution in [2.24, 2.45) is 0 Å². The second-order valence-electron chi connectivity index (χ2n) is 3.24. The zero-order valence-electron chi connectivity index (χ0n) is 8.96. The van der Waals surface area contributed by atoms with Crippen LogP contribution in [-0.4, -0.2) is 19.0 Å². The molecule has 90 valence electrons. The Morgan fingerprint density at radius 2 is 2.29 bits per heavy atom. The highest BCUT2D eigenvalue weighted by Gasteiger charge is 2.04. The van der Waals surface area contributed by atoms with Crippen molar-refractivity contribution >= 4 is 27.5 Å². The summed E-state index contributed by atoms with van der Waals surface area (Å²) in [5, 5.41) is 13.5. The van der Waals surface area contributed by atoms with Crippen LogP contribution in [0.4, 0.5) is 10.1 Å². The Morgan fingerprint density at radius 3 is 2.94 bits per heavy atom. The Hall–Kier alpha value is -1.61. The van der Waals surface area contributed by atoms with Crippen LogP contribution in [0.1, 0.15) is 6.42 Å². The van der Waals surface area contributed by atoms with Crippen LogP contribution in [0.25, 0.3) is 0 Å². The summed E-state index contributed by atoms with van der Waals surface area (Å²) >= 11 is 3.14. The molecule has 1 aromatic carbocycles. The molecule has 0 aliphatic heterocycles. The summed E-state index contributed by atoms with van der Waals surface area (Å²) in [4.78, 5) is 11.3. The fraction of sp³-hybridized carbons (Fsp3) is 0.273. The Bertz CT molecular complexity index is 445. The van der Waals surface area contributed by atoms with E-state index in [0.717, 1.165) is 0 Å². The van der Waals surface area contributed by atoms with Crippen molar-refractivity contribution in [2.75, 3.05) is 18.4 Å². The molecule has 0 saturated heterocycles. The maximum atomic E-state index is 13.3. The number of nitrogens with one attached hydrogen (secondary N) is 2. The average molecular weight is 300 g/mol. The first-order valence-electron chi connectivity index (χ1n) is 4.96. The lowest BCUT2D eigenvalue weighted by atomic mass is 10.3.